The normalized spacial score (nSPS) is 20.8. The van der Waals surface area contributed by atoms with Crippen molar-refractivity contribution in [3.8, 4) is 11.5 Å². The molecule has 0 spiro atoms. The SMILES string of the molecule is CC(C)c1ccccc1C1CN(Cc2cc3c(cn2)OCCO3)CCN1C. The van der Waals surface area contributed by atoms with E-state index >= 15 is 0 Å². The molecule has 0 saturated carbocycles. The highest BCUT2D eigenvalue weighted by Gasteiger charge is 2.28. The summed E-state index contributed by atoms with van der Waals surface area (Å²) in [5.41, 5.74) is 3.95. The first-order valence-electron chi connectivity index (χ1n) is 9.87. The number of benzene rings is 1. The molecule has 2 aliphatic rings. The van der Waals surface area contributed by atoms with E-state index in [1.54, 1.807) is 6.20 Å². The molecule has 2 aromatic rings. The van der Waals surface area contributed by atoms with Gasteiger partial charge in [0.05, 0.1) is 11.9 Å². The summed E-state index contributed by atoms with van der Waals surface area (Å²) in [6.07, 6.45) is 1.80. The highest BCUT2D eigenvalue weighted by Crippen LogP contribution is 2.32. The number of aromatic nitrogens is 1. The Morgan fingerprint density at radius 3 is 2.70 bits per heavy atom. The third-order valence-corrected chi connectivity index (χ3v) is 5.58. The Kier molecular flexibility index (Phi) is 5.32. The first-order chi connectivity index (χ1) is 13.1. The van der Waals surface area contributed by atoms with Crippen LogP contribution in [0.4, 0.5) is 0 Å². The van der Waals surface area contributed by atoms with Gasteiger partial charge in [0.25, 0.3) is 0 Å². The number of hydrogen-bond acceptors (Lipinski definition) is 5. The van der Waals surface area contributed by atoms with Gasteiger partial charge in [-0.3, -0.25) is 14.8 Å². The molecule has 1 aromatic heterocycles. The minimum Gasteiger partial charge on any atom is -0.486 e. The summed E-state index contributed by atoms with van der Waals surface area (Å²) < 4.78 is 11.3. The molecule has 0 radical (unpaired) electrons. The Hall–Kier alpha value is -2.11. The second-order valence-electron chi connectivity index (χ2n) is 7.83. The van der Waals surface area contributed by atoms with Gasteiger partial charge >= 0.3 is 0 Å². The molecule has 1 atom stereocenters. The summed E-state index contributed by atoms with van der Waals surface area (Å²) >= 11 is 0. The minimum atomic E-state index is 0.412. The van der Waals surface area contributed by atoms with Gasteiger partial charge in [0.15, 0.2) is 11.5 Å². The summed E-state index contributed by atoms with van der Waals surface area (Å²) in [5, 5.41) is 0. The van der Waals surface area contributed by atoms with E-state index in [2.05, 4.69) is 59.9 Å². The van der Waals surface area contributed by atoms with Crippen LogP contribution in [0.1, 0.15) is 42.6 Å². The lowest BCUT2D eigenvalue weighted by Gasteiger charge is -2.40. The van der Waals surface area contributed by atoms with Crippen LogP contribution in [0.15, 0.2) is 36.5 Å². The van der Waals surface area contributed by atoms with Crippen LogP contribution < -0.4 is 9.47 Å². The second-order valence-corrected chi connectivity index (χ2v) is 7.83. The van der Waals surface area contributed by atoms with E-state index in [1.807, 2.05) is 6.07 Å². The maximum atomic E-state index is 5.71. The van der Waals surface area contributed by atoms with Crippen molar-refractivity contribution in [3.05, 3.63) is 53.3 Å². The number of nitrogens with zero attached hydrogens (tertiary/aromatic N) is 3. The largest absolute Gasteiger partial charge is 0.486 e. The monoisotopic (exact) mass is 367 g/mol. The summed E-state index contributed by atoms with van der Waals surface area (Å²) in [5.74, 6) is 2.11. The average molecular weight is 367 g/mol. The Bertz CT molecular complexity index is 793. The molecule has 1 fully saturated rings. The number of pyridine rings is 1. The summed E-state index contributed by atoms with van der Waals surface area (Å²) in [7, 11) is 2.24. The maximum Gasteiger partial charge on any atom is 0.179 e. The van der Waals surface area contributed by atoms with Gasteiger partial charge in [-0.05, 0) is 24.1 Å². The van der Waals surface area contributed by atoms with Gasteiger partial charge in [-0.1, -0.05) is 38.1 Å². The van der Waals surface area contributed by atoms with Gasteiger partial charge < -0.3 is 9.47 Å². The maximum absolute atomic E-state index is 5.71. The molecular formula is C22H29N3O2. The van der Waals surface area contributed by atoms with Crippen molar-refractivity contribution in [1.29, 1.82) is 0 Å². The van der Waals surface area contributed by atoms with Gasteiger partial charge in [-0.25, -0.2) is 0 Å². The molecule has 2 aliphatic heterocycles. The van der Waals surface area contributed by atoms with E-state index in [-0.39, 0.29) is 0 Å². The van der Waals surface area contributed by atoms with E-state index in [9.17, 15) is 0 Å². The Morgan fingerprint density at radius 1 is 1.11 bits per heavy atom. The molecule has 0 bridgehead atoms. The zero-order valence-corrected chi connectivity index (χ0v) is 16.5. The lowest BCUT2D eigenvalue weighted by atomic mass is 9.91. The molecule has 3 heterocycles. The smallest absolute Gasteiger partial charge is 0.179 e. The molecule has 0 aliphatic carbocycles. The molecule has 4 rings (SSSR count). The summed E-state index contributed by atoms with van der Waals surface area (Å²) in [4.78, 5) is 9.57. The van der Waals surface area contributed by atoms with Gasteiger partial charge in [0, 0.05) is 38.3 Å². The quantitative estimate of drug-likeness (QED) is 0.827. The highest BCUT2D eigenvalue weighted by molar-refractivity contribution is 5.40. The lowest BCUT2D eigenvalue weighted by Crippen LogP contribution is -2.46. The van der Waals surface area contributed by atoms with Crippen LogP contribution in [-0.4, -0.2) is 54.7 Å². The number of fused-ring (bicyclic) bond motifs is 1. The number of likely N-dealkylation sites (N-methyl/N-ethyl adjacent to an activating group) is 1. The molecule has 1 saturated heterocycles. The highest BCUT2D eigenvalue weighted by atomic mass is 16.6. The molecule has 0 amide bonds. The third-order valence-electron chi connectivity index (χ3n) is 5.58. The third kappa shape index (κ3) is 3.94. The van der Waals surface area contributed by atoms with Crippen molar-refractivity contribution in [2.75, 3.05) is 39.9 Å². The van der Waals surface area contributed by atoms with Crippen LogP contribution in [0, 0.1) is 0 Å². The van der Waals surface area contributed by atoms with Crippen LogP contribution in [0.3, 0.4) is 0 Å². The van der Waals surface area contributed by atoms with Gasteiger partial charge in [-0.15, -0.1) is 0 Å². The topological polar surface area (TPSA) is 37.8 Å². The molecule has 5 nitrogen and oxygen atoms in total. The van der Waals surface area contributed by atoms with E-state index in [0.29, 0.717) is 25.2 Å². The number of hydrogen-bond donors (Lipinski definition) is 0. The van der Waals surface area contributed by atoms with Crippen molar-refractivity contribution >= 4 is 0 Å². The van der Waals surface area contributed by atoms with Crippen molar-refractivity contribution in [1.82, 2.24) is 14.8 Å². The van der Waals surface area contributed by atoms with Crippen molar-refractivity contribution in [2.24, 2.45) is 0 Å². The molecule has 0 N–H and O–H groups in total. The predicted molar refractivity (Wildman–Crippen MR) is 106 cm³/mol. The van der Waals surface area contributed by atoms with Gasteiger partial charge in [0.2, 0.25) is 0 Å². The number of ether oxygens (including phenoxy) is 2. The van der Waals surface area contributed by atoms with Crippen LogP contribution >= 0.6 is 0 Å². The van der Waals surface area contributed by atoms with E-state index < -0.39 is 0 Å². The average Bonchev–Trinajstić information content (AvgIpc) is 2.69. The van der Waals surface area contributed by atoms with Crippen LogP contribution in [0.2, 0.25) is 0 Å². The van der Waals surface area contributed by atoms with E-state index in [4.69, 9.17) is 9.47 Å². The molecular weight excluding hydrogens is 338 g/mol. The minimum absolute atomic E-state index is 0.412. The van der Waals surface area contributed by atoms with Crippen molar-refractivity contribution < 1.29 is 9.47 Å². The summed E-state index contributed by atoms with van der Waals surface area (Å²) in [6, 6.07) is 11.3. The van der Waals surface area contributed by atoms with Gasteiger partial charge in [0.1, 0.15) is 13.2 Å². The number of piperazine rings is 1. The van der Waals surface area contributed by atoms with Crippen LogP contribution in [0.25, 0.3) is 0 Å². The van der Waals surface area contributed by atoms with E-state index in [0.717, 1.165) is 43.4 Å². The zero-order chi connectivity index (χ0) is 18.8. The Morgan fingerprint density at radius 2 is 1.89 bits per heavy atom. The molecule has 1 aromatic carbocycles. The lowest BCUT2D eigenvalue weighted by molar-refractivity contribution is 0.0887. The second kappa shape index (κ2) is 7.87. The predicted octanol–water partition coefficient (Wildman–Crippen LogP) is 3.46. The Labute approximate surface area is 161 Å². The van der Waals surface area contributed by atoms with E-state index in [1.165, 1.54) is 11.1 Å². The van der Waals surface area contributed by atoms with Crippen molar-refractivity contribution in [3.63, 3.8) is 0 Å². The fraction of sp³-hybridized carbons (Fsp3) is 0.500. The fourth-order valence-electron chi connectivity index (χ4n) is 4.05. The Balaban J connectivity index is 1.51. The summed E-state index contributed by atoms with van der Waals surface area (Å²) in [6.45, 7) is 9.72. The molecule has 5 heteroatoms. The zero-order valence-electron chi connectivity index (χ0n) is 16.5. The molecule has 1 unspecified atom stereocenters. The standard InChI is InChI=1S/C22H29N3O2/c1-16(2)18-6-4-5-7-19(18)20-15-25(9-8-24(20)3)14-17-12-21-22(13-23-17)27-11-10-26-21/h4-7,12-13,16,20H,8-11,14-15H2,1-3H3. The van der Waals surface area contributed by atoms with Gasteiger partial charge in [-0.2, -0.15) is 0 Å². The number of rotatable bonds is 4. The first kappa shape index (κ1) is 18.3. The van der Waals surface area contributed by atoms with Crippen LogP contribution in [-0.2, 0) is 6.54 Å². The fourth-order valence-corrected chi connectivity index (χ4v) is 4.05. The first-order valence-corrected chi connectivity index (χ1v) is 9.87. The van der Waals surface area contributed by atoms with Crippen molar-refractivity contribution in [2.45, 2.75) is 32.4 Å². The molecule has 144 valence electrons. The van der Waals surface area contributed by atoms with Crippen LogP contribution in [0.5, 0.6) is 11.5 Å². The molecule has 27 heavy (non-hydrogen) atoms.